The zero-order valence-corrected chi connectivity index (χ0v) is 29.5. The second kappa shape index (κ2) is 15.8. The van der Waals surface area contributed by atoms with Crippen molar-refractivity contribution in [2.75, 3.05) is 49.2 Å². The summed E-state index contributed by atoms with van der Waals surface area (Å²) in [4.78, 5) is 30.5. The Morgan fingerprint density at radius 1 is 0.776 bits per heavy atom. The number of fused-ring (bicyclic) bond motifs is 1. The topological polar surface area (TPSA) is 107 Å². The molecule has 0 aliphatic rings. The van der Waals surface area contributed by atoms with E-state index in [9.17, 15) is 9.59 Å². The zero-order chi connectivity index (χ0) is 35.1. The normalized spacial score (nSPS) is 11.0. The van der Waals surface area contributed by atoms with Crippen LogP contribution in [0.3, 0.4) is 0 Å². The third kappa shape index (κ3) is 7.45. The highest BCUT2D eigenvalue weighted by Crippen LogP contribution is 2.42. The highest BCUT2D eigenvalue weighted by atomic mass is 32.1. The van der Waals surface area contributed by atoms with E-state index in [0.717, 1.165) is 27.1 Å². The lowest BCUT2D eigenvalue weighted by atomic mass is 10.0. The van der Waals surface area contributed by atoms with Crippen molar-refractivity contribution >= 4 is 27.7 Å². The number of nitrogens with zero attached hydrogens (tertiary/aromatic N) is 2. The van der Waals surface area contributed by atoms with E-state index in [1.165, 1.54) is 11.3 Å². The maximum atomic E-state index is 14.3. The largest absolute Gasteiger partial charge is 0.514 e. The molecule has 12 heteroatoms. The van der Waals surface area contributed by atoms with Gasteiger partial charge in [0.25, 0.3) is 0 Å². The van der Waals surface area contributed by atoms with Gasteiger partial charge >= 0.3 is 6.16 Å². The van der Waals surface area contributed by atoms with Crippen LogP contribution in [-0.2, 0) is 24.4 Å². The zero-order valence-electron chi connectivity index (χ0n) is 28.7. The Balaban J connectivity index is 1.70. The predicted molar refractivity (Wildman–Crippen MR) is 189 cm³/mol. The second-order valence-electron chi connectivity index (χ2n) is 11.0. The highest BCUT2D eigenvalue weighted by molar-refractivity contribution is 7.22. The first-order chi connectivity index (χ1) is 23.8. The minimum atomic E-state index is -0.951. The highest BCUT2D eigenvalue weighted by Gasteiger charge is 2.25. The first-order valence-electron chi connectivity index (χ1n) is 15.5. The van der Waals surface area contributed by atoms with Crippen LogP contribution in [0.15, 0.2) is 71.7 Å². The number of para-hydroxylation sites is 1. The van der Waals surface area contributed by atoms with Gasteiger partial charge in [-0.3, -0.25) is 9.69 Å². The van der Waals surface area contributed by atoms with E-state index in [4.69, 9.17) is 33.2 Å². The molecular weight excluding hydrogens is 648 g/mol. The molecule has 258 valence electrons. The van der Waals surface area contributed by atoms with Crippen LogP contribution in [0.25, 0.3) is 20.7 Å². The summed E-state index contributed by atoms with van der Waals surface area (Å²) in [6.45, 7) is 2.95. The molecule has 0 saturated heterocycles. The number of carbonyl (C=O) groups is 1. The Labute approximate surface area is 289 Å². The monoisotopic (exact) mass is 688 g/mol. The minimum absolute atomic E-state index is 0.103. The number of methoxy groups -OCH3 is 5. The van der Waals surface area contributed by atoms with Crippen LogP contribution in [0.4, 0.5) is 4.79 Å². The van der Waals surface area contributed by atoms with E-state index in [1.807, 2.05) is 72.3 Å². The van der Waals surface area contributed by atoms with Crippen molar-refractivity contribution in [2.45, 2.75) is 26.6 Å². The second-order valence-corrected chi connectivity index (χ2v) is 12.0. The van der Waals surface area contributed by atoms with Gasteiger partial charge in [0, 0.05) is 29.1 Å². The molecule has 0 bridgehead atoms. The van der Waals surface area contributed by atoms with Crippen molar-refractivity contribution in [3.63, 3.8) is 0 Å². The predicted octanol–water partition coefficient (Wildman–Crippen LogP) is 6.99. The van der Waals surface area contributed by atoms with E-state index < -0.39 is 11.6 Å². The van der Waals surface area contributed by atoms with E-state index in [2.05, 4.69) is 4.90 Å². The minimum Gasteiger partial charge on any atom is -0.497 e. The van der Waals surface area contributed by atoms with Gasteiger partial charge in [0.1, 0.15) is 16.3 Å². The first kappa shape index (κ1) is 35.1. The van der Waals surface area contributed by atoms with E-state index in [0.29, 0.717) is 58.6 Å². The number of pyridine rings is 1. The van der Waals surface area contributed by atoms with Gasteiger partial charge in [-0.2, -0.15) is 0 Å². The van der Waals surface area contributed by atoms with E-state index in [1.54, 1.807) is 48.7 Å². The average molecular weight is 689 g/mol. The lowest BCUT2D eigenvalue weighted by Crippen LogP contribution is -2.21. The van der Waals surface area contributed by atoms with Crippen LogP contribution in [0, 0.1) is 0 Å². The molecule has 0 aliphatic carbocycles. The molecule has 0 saturated carbocycles. The number of benzene rings is 3. The van der Waals surface area contributed by atoms with Crippen LogP contribution >= 0.6 is 11.3 Å². The summed E-state index contributed by atoms with van der Waals surface area (Å²) in [7, 11) is 9.93. The molecule has 0 radical (unpaired) electrons. The molecule has 0 amide bonds. The first-order valence-corrected chi connectivity index (χ1v) is 16.3. The summed E-state index contributed by atoms with van der Waals surface area (Å²) in [6, 6.07) is 19.1. The van der Waals surface area contributed by atoms with Crippen molar-refractivity contribution in [3.05, 3.63) is 93.8 Å². The number of ether oxygens (including phenoxy) is 7. The van der Waals surface area contributed by atoms with Crippen LogP contribution in [0.5, 0.6) is 34.5 Å². The Kier molecular flexibility index (Phi) is 11.3. The van der Waals surface area contributed by atoms with Gasteiger partial charge in [0.05, 0.1) is 60.3 Å². The fourth-order valence-corrected chi connectivity index (χ4v) is 7.03. The summed E-state index contributed by atoms with van der Waals surface area (Å²) in [5.41, 5.74) is 3.02. The van der Waals surface area contributed by atoms with Gasteiger partial charge in [-0.15, -0.1) is 11.3 Å². The molecule has 49 heavy (non-hydrogen) atoms. The van der Waals surface area contributed by atoms with Gasteiger partial charge < -0.3 is 37.7 Å². The summed E-state index contributed by atoms with van der Waals surface area (Å²) in [6.07, 6.45) is 0.609. The molecule has 2 heterocycles. The Hall–Kier alpha value is -5.20. The smallest absolute Gasteiger partial charge is 0.497 e. The molecule has 0 unspecified atom stereocenters. The maximum Gasteiger partial charge on any atom is 0.514 e. The van der Waals surface area contributed by atoms with Crippen molar-refractivity contribution in [1.29, 1.82) is 0 Å². The number of aromatic nitrogens is 1. The summed E-state index contributed by atoms with van der Waals surface area (Å²) < 4.78 is 40.4. The van der Waals surface area contributed by atoms with Gasteiger partial charge in [-0.1, -0.05) is 24.3 Å². The lowest BCUT2D eigenvalue weighted by Gasteiger charge is -2.21. The maximum absolute atomic E-state index is 14.3. The van der Waals surface area contributed by atoms with Crippen molar-refractivity contribution in [1.82, 2.24) is 9.47 Å². The number of carbonyl (C=O) groups excluding carboxylic acids is 1. The van der Waals surface area contributed by atoms with Crippen LogP contribution < -0.4 is 33.8 Å². The molecule has 0 aliphatic heterocycles. The molecular formula is C37H40N2O9S. The molecule has 0 fully saturated rings. The molecule has 0 N–H and O–H groups in total. The third-order valence-electron chi connectivity index (χ3n) is 7.97. The quantitative estimate of drug-likeness (QED) is 0.113. The van der Waals surface area contributed by atoms with Crippen molar-refractivity contribution in [3.8, 4) is 44.9 Å². The number of rotatable bonds is 14. The van der Waals surface area contributed by atoms with E-state index >= 15 is 0 Å². The fraction of sp³-hybridized carbons (Fsp3) is 0.297. The molecule has 5 aromatic rings. The number of hydrogen-bond donors (Lipinski definition) is 0. The molecule has 3 aromatic carbocycles. The van der Waals surface area contributed by atoms with Crippen LogP contribution in [0.2, 0.25) is 0 Å². The lowest BCUT2D eigenvalue weighted by molar-refractivity contribution is 0.104. The summed E-state index contributed by atoms with van der Waals surface area (Å²) in [5.74, 6) is 2.88. The molecule has 0 atom stereocenters. The van der Waals surface area contributed by atoms with Crippen molar-refractivity contribution < 1.29 is 38.0 Å². The average Bonchev–Trinajstić information content (AvgIpc) is 3.49. The molecule has 0 spiro atoms. The van der Waals surface area contributed by atoms with Gasteiger partial charge in [-0.25, -0.2) is 4.79 Å². The number of thiophene rings is 1. The number of hydrogen-bond acceptors (Lipinski definition) is 11. The van der Waals surface area contributed by atoms with Crippen molar-refractivity contribution in [2.24, 2.45) is 0 Å². The Morgan fingerprint density at radius 2 is 1.49 bits per heavy atom. The molecule has 5 rings (SSSR count). The summed E-state index contributed by atoms with van der Waals surface area (Å²) in [5, 5.41) is 0.443. The van der Waals surface area contributed by atoms with Gasteiger partial charge in [0.2, 0.25) is 11.2 Å². The molecule has 11 nitrogen and oxygen atoms in total. The van der Waals surface area contributed by atoms with Crippen LogP contribution in [0.1, 0.15) is 23.6 Å². The van der Waals surface area contributed by atoms with Crippen LogP contribution in [-0.4, -0.2) is 64.8 Å². The molecule has 2 aromatic heterocycles. The SMILES string of the molecule is CCOC(=O)Oc1cn(Cc2ccccc2OC)c2sc(-c3ccc(OC)cc3)c(CN(C)Cc3ccc(OC)c(OC)c3OC)c2c1=O. The van der Waals surface area contributed by atoms with Gasteiger partial charge in [-0.05, 0) is 61.5 Å². The third-order valence-corrected chi connectivity index (χ3v) is 9.29. The van der Waals surface area contributed by atoms with E-state index in [-0.39, 0.29) is 12.4 Å². The summed E-state index contributed by atoms with van der Waals surface area (Å²) >= 11 is 1.49. The van der Waals surface area contributed by atoms with Gasteiger partial charge in [0.15, 0.2) is 17.2 Å². The Morgan fingerprint density at radius 3 is 2.14 bits per heavy atom. The standard InChI is InChI=1S/C37H40N2O9S/c1-8-47-37(41)48-30-22-39(20-24-11-9-10-12-28(24)43-4)36-31(32(30)40)27(35(49-36)23-13-16-26(42-3)17-14-23)21-38(2)19-25-15-18-29(44-5)34(46-7)33(25)45-6/h9-18,22H,8,19-21H2,1-7H3. The fourth-order valence-electron chi connectivity index (χ4n) is 5.75. The Bertz CT molecular complexity index is 1990.